The summed E-state index contributed by atoms with van der Waals surface area (Å²) in [5.41, 5.74) is 1.63. The van der Waals surface area contributed by atoms with E-state index in [1.807, 2.05) is 6.07 Å². The van der Waals surface area contributed by atoms with Gasteiger partial charge in [-0.05, 0) is 45.4 Å². The van der Waals surface area contributed by atoms with Crippen LogP contribution in [0.4, 0.5) is 0 Å². The number of rotatable bonds is 3. The predicted molar refractivity (Wildman–Crippen MR) is 104 cm³/mol. The van der Waals surface area contributed by atoms with Crippen molar-refractivity contribution in [2.24, 2.45) is 11.3 Å². The molecular weight excluding hydrogens is 354 g/mol. The number of methoxy groups -OCH3 is 2. The average Bonchev–Trinajstić information content (AvgIpc) is 3.23. The molecule has 1 unspecified atom stereocenters. The first-order chi connectivity index (χ1) is 13.4. The van der Waals surface area contributed by atoms with Gasteiger partial charge in [0.15, 0.2) is 11.5 Å². The lowest BCUT2D eigenvalue weighted by atomic mass is 9.40. The van der Waals surface area contributed by atoms with Gasteiger partial charge in [-0.1, -0.05) is 18.2 Å². The molecule has 2 spiro atoms. The summed E-state index contributed by atoms with van der Waals surface area (Å²) in [7, 11) is 5.66. The lowest BCUT2D eigenvalue weighted by Gasteiger charge is -2.68. The fourth-order valence-electron chi connectivity index (χ4n) is 7.73. The fourth-order valence-corrected chi connectivity index (χ4v) is 7.73. The lowest BCUT2D eigenvalue weighted by molar-refractivity contribution is -0.210. The normalized spacial score (nSPS) is 46.5. The summed E-state index contributed by atoms with van der Waals surface area (Å²) in [6.45, 7) is 4.02. The summed E-state index contributed by atoms with van der Waals surface area (Å²) in [6.07, 6.45) is 6.13. The number of nitrogens with zero attached hydrogens (tertiary/aromatic N) is 1. The van der Waals surface area contributed by atoms with E-state index in [1.165, 1.54) is 11.1 Å². The van der Waals surface area contributed by atoms with Crippen molar-refractivity contribution in [3.63, 3.8) is 0 Å². The molecule has 0 amide bonds. The number of hydrogen-bond donors (Lipinski definition) is 0. The van der Waals surface area contributed by atoms with Crippen molar-refractivity contribution in [2.75, 3.05) is 21.3 Å². The van der Waals surface area contributed by atoms with Gasteiger partial charge in [0.05, 0.1) is 18.4 Å². The van der Waals surface area contributed by atoms with Crippen LogP contribution in [0.2, 0.25) is 0 Å². The van der Waals surface area contributed by atoms with E-state index >= 15 is 0 Å². The number of hydrogen-bond acceptors (Lipinski definition) is 5. The summed E-state index contributed by atoms with van der Waals surface area (Å²) in [4.78, 5) is 15.3. The second-order valence-electron chi connectivity index (χ2n) is 9.39. The molecule has 2 aliphatic heterocycles. The average molecular weight is 381 g/mol. The van der Waals surface area contributed by atoms with Crippen LogP contribution in [0.3, 0.4) is 0 Å². The first-order valence-electron chi connectivity index (χ1n) is 10.2. The van der Waals surface area contributed by atoms with Crippen LogP contribution in [0, 0.1) is 11.3 Å². The quantitative estimate of drug-likeness (QED) is 0.754. The van der Waals surface area contributed by atoms with Gasteiger partial charge in [-0.2, -0.15) is 0 Å². The largest absolute Gasteiger partial charge is 0.493 e. The summed E-state index contributed by atoms with van der Waals surface area (Å²) in [6, 6.07) is 4.92. The van der Waals surface area contributed by atoms with Gasteiger partial charge in [0.2, 0.25) is 0 Å². The molecule has 4 aliphatic carbocycles. The molecule has 7 rings (SSSR count). The molecule has 5 nitrogen and oxygen atoms in total. The Morgan fingerprint density at radius 2 is 2.04 bits per heavy atom. The van der Waals surface area contributed by atoms with Crippen LogP contribution >= 0.6 is 0 Å². The van der Waals surface area contributed by atoms with Crippen LogP contribution in [-0.4, -0.2) is 49.7 Å². The zero-order chi connectivity index (χ0) is 19.6. The van der Waals surface area contributed by atoms with Gasteiger partial charge in [0.1, 0.15) is 17.5 Å². The van der Waals surface area contributed by atoms with E-state index in [2.05, 4.69) is 37.1 Å². The number of fused-ring (bicyclic) bond motifs is 3. The van der Waals surface area contributed by atoms with Gasteiger partial charge in [0, 0.05) is 30.2 Å². The third kappa shape index (κ3) is 1.40. The maximum absolute atomic E-state index is 12.8. The predicted octanol–water partition coefficient (Wildman–Crippen LogP) is 3.02. The second kappa shape index (κ2) is 4.82. The van der Waals surface area contributed by atoms with Crippen molar-refractivity contribution >= 4 is 5.78 Å². The van der Waals surface area contributed by atoms with Crippen LogP contribution in [0.15, 0.2) is 24.3 Å². The molecule has 0 N–H and O–H groups in total. The molecule has 1 saturated carbocycles. The molecule has 28 heavy (non-hydrogen) atoms. The fraction of sp³-hybridized carbons (Fsp3) is 0.609. The molecule has 5 heteroatoms. The van der Waals surface area contributed by atoms with Crippen LogP contribution < -0.4 is 9.47 Å². The Morgan fingerprint density at radius 1 is 1.25 bits per heavy atom. The Hall–Kier alpha value is -1.85. The highest BCUT2D eigenvalue weighted by molar-refractivity contribution is 5.82. The Kier molecular flexibility index (Phi) is 2.94. The van der Waals surface area contributed by atoms with Crippen molar-refractivity contribution in [3.8, 4) is 11.5 Å². The molecule has 148 valence electrons. The molecule has 7 atom stereocenters. The standard InChI is InChI=1S/C23H27NO4/c1-12(25)15-10-21-8-9-23(15,27-5)20-22(21)11-16(24(3)13(21)2)14-6-7-17(26-4)19(28-20)18(14)22/h6-9,13,15-16,20H,10-11H2,1-5H3/t13-,15-,16?,20-,21-,22+,23-/m1/s1. The van der Waals surface area contributed by atoms with Gasteiger partial charge in [-0.15, -0.1) is 0 Å². The maximum Gasteiger partial charge on any atom is 0.166 e. The van der Waals surface area contributed by atoms with Gasteiger partial charge < -0.3 is 14.2 Å². The summed E-state index contributed by atoms with van der Waals surface area (Å²) >= 11 is 0. The topological polar surface area (TPSA) is 48.0 Å². The Balaban J connectivity index is 1.73. The highest BCUT2D eigenvalue weighted by Crippen LogP contribution is 2.77. The van der Waals surface area contributed by atoms with E-state index in [0.29, 0.717) is 12.1 Å². The van der Waals surface area contributed by atoms with E-state index < -0.39 is 5.60 Å². The SMILES string of the molecule is COc1ccc2c3c1O[C@H]1[C@@]4(OC)C=C[C@@]5(C[C@@H]4C(C)=O)[C@@H](C)N(C)C2C[C@]315. The maximum atomic E-state index is 12.8. The van der Waals surface area contributed by atoms with E-state index in [-0.39, 0.29) is 28.6 Å². The van der Waals surface area contributed by atoms with Gasteiger partial charge in [-0.25, -0.2) is 0 Å². The minimum atomic E-state index is -0.723. The molecule has 0 radical (unpaired) electrons. The molecule has 2 fully saturated rings. The molecule has 1 aromatic carbocycles. The zero-order valence-corrected chi connectivity index (χ0v) is 17.1. The van der Waals surface area contributed by atoms with Gasteiger partial charge in [-0.3, -0.25) is 9.69 Å². The number of ketones is 1. The summed E-state index contributed by atoms with van der Waals surface area (Å²) in [5, 5.41) is 0. The molecule has 6 aliphatic rings. The van der Waals surface area contributed by atoms with Crippen molar-refractivity contribution in [2.45, 2.75) is 55.9 Å². The number of ether oxygens (including phenoxy) is 3. The summed E-state index contributed by atoms with van der Waals surface area (Å²) in [5.74, 6) is 1.64. The van der Waals surface area contributed by atoms with Crippen molar-refractivity contribution in [1.29, 1.82) is 0 Å². The Labute approximate surface area is 165 Å². The highest BCUT2D eigenvalue weighted by atomic mass is 16.6. The van der Waals surface area contributed by atoms with Crippen LogP contribution in [0.5, 0.6) is 11.5 Å². The van der Waals surface area contributed by atoms with Crippen LogP contribution in [0.1, 0.15) is 43.9 Å². The van der Waals surface area contributed by atoms with Crippen molar-refractivity contribution in [1.82, 2.24) is 4.90 Å². The minimum Gasteiger partial charge on any atom is -0.493 e. The lowest BCUT2D eigenvalue weighted by Crippen LogP contribution is -2.76. The molecule has 1 aromatic rings. The number of benzene rings is 1. The van der Waals surface area contributed by atoms with E-state index in [0.717, 1.165) is 24.3 Å². The number of carbonyl (C=O) groups is 1. The van der Waals surface area contributed by atoms with Crippen molar-refractivity contribution < 1.29 is 19.0 Å². The van der Waals surface area contributed by atoms with Crippen LogP contribution in [0.25, 0.3) is 0 Å². The molecular formula is C23H27NO4. The summed E-state index contributed by atoms with van der Waals surface area (Å²) < 4.78 is 18.6. The minimum absolute atomic E-state index is 0.150. The number of likely N-dealkylation sites (tertiary alicyclic amines) is 1. The molecule has 2 heterocycles. The monoisotopic (exact) mass is 381 g/mol. The van der Waals surface area contributed by atoms with Crippen molar-refractivity contribution in [3.05, 3.63) is 35.4 Å². The van der Waals surface area contributed by atoms with E-state index in [9.17, 15) is 4.79 Å². The molecule has 1 saturated heterocycles. The Morgan fingerprint density at radius 3 is 2.71 bits per heavy atom. The first-order valence-corrected chi connectivity index (χ1v) is 10.2. The third-order valence-corrected chi connectivity index (χ3v) is 9.04. The number of carbonyl (C=O) groups excluding carboxylic acids is 1. The highest BCUT2D eigenvalue weighted by Gasteiger charge is 2.80. The second-order valence-corrected chi connectivity index (χ2v) is 9.39. The Bertz CT molecular complexity index is 956. The van der Waals surface area contributed by atoms with E-state index in [1.54, 1.807) is 21.1 Å². The zero-order valence-electron chi connectivity index (χ0n) is 17.1. The van der Waals surface area contributed by atoms with Crippen LogP contribution in [-0.2, 0) is 14.9 Å². The smallest absolute Gasteiger partial charge is 0.166 e. The molecule has 4 bridgehead atoms. The molecule has 0 aromatic heterocycles. The van der Waals surface area contributed by atoms with Gasteiger partial charge in [0.25, 0.3) is 0 Å². The third-order valence-electron chi connectivity index (χ3n) is 9.04. The number of Topliss-reactive ketones (excluding diaryl/α,β-unsaturated/α-hetero) is 1. The van der Waals surface area contributed by atoms with E-state index in [4.69, 9.17) is 14.2 Å². The van der Waals surface area contributed by atoms with Gasteiger partial charge >= 0.3 is 0 Å². The number of piperidine rings is 1. The first kappa shape index (κ1) is 17.0.